The Bertz CT molecular complexity index is 926. The van der Waals surface area contributed by atoms with Gasteiger partial charge in [0, 0.05) is 18.1 Å². The summed E-state index contributed by atoms with van der Waals surface area (Å²) in [6.45, 7) is 6.06. The summed E-state index contributed by atoms with van der Waals surface area (Å²) in [6, 6.07) is 5.44. The predicted octanol–water partition coefficient (Wildman–Crippen LogP) is 2.93. The molecule has 1 aliphatic heterocycles. The Labute approximate surface area is 161 Å². The van der Waals surface area contributed by atoms with Crippen molar-refractivity contribution in [3.63, 3.8) is 0 Å². The summed E-state index contributed by atoms with van der Waals surface area (Å²) in [6.07, 6.45) is 1.88. The van der Waals surface area contributed by atoms with Crippen molar-refractivity contribution >= 4 is 23.5 Å². The molecule has 0 fully saturated rings. The van der Waals surface area contributed by atoms with Crippen molar-refractivity contribution in [1.29, 1.82) is 0 Å². The van der Waals surface area contributed by atoms with Gasteiger partial charge in [-0.3, -0.25) is 9.59 Å². The zero-order chi connectivity index (χ0) is 19.4. The van der Waals surface area contributed by atoms with Crippen LogP contribution in [0.1, 0.15) is 30.4 Å². The van der Waals surface area contributed by atoms with Gasteiger partial charge >= 0.3 is 0 Å². The van der Waals surface area contributed by atoms with Gasteiger partial charge in [0.15, 0.2) is 16.7 Å². The van der Waals surface area contributed by atoms with Gasteiger partial charge in [-0.15, -0.1) is 6.58 Å². The van der Waals surface area contributed by atoms with E-state index in [9.17, 15) is 9.59 Å². The molecule has 0 unspecified atom stereocenters. The number of hydrogen-bond donors (Lipinski definition) is 2. The molecule has 0 saturated heterocycles. The third kappa shape index (κ3) is 4.00. The lowest BCUT2D eigenvalue weighted by molar-refractivity contribution is -0.116. The normalized spacial score (nSPS) is 15.6. The van der Waals surface area contributed by atoms with Gasteiger partial charge in [-0.05, 0) is 24.6 Å². The molecule has 2 heterocycles. The number of carbonyl (C=O) groups excluding carboxylic acids is 1. The Kier molecular flexibility index (Phi) is 5.85. The van der Waals surface area contributed by atoms with Crippen LogP contribution >= 0.6 is 11.8 Å². The van der Waals surface area contributed by atoms with Crippen LogP contribution < -0.4 is 20.3 Å². The highest BCUT2D eigenvalue weighted by atomic mass is 32.2. The summed E-state index contributed by atoms with van der Waals surface area (Å²) in [4.78, 5) is 32.1. The lowest BCUT2D eigenvalue weighted by Crippen LogP contribution is -2.31. The third-order valence-corrected chi connectivity index (χ3v) is 5.03. The summed E-state index contributed by atoms with van der Waals surface area (Å²) >= 11 is 1.35. The number of thioether (sulfide) groups is 1. The van der Waals surface area contributed by atoms with Crippen molar-refractivity contribution in [2.24, 2.45) is 0 Å². The first-order chi connectivity index (χ1) is 13.1. The van der Waals surface area contributed by atoms with Gasteiger partial charge < -0.3 is 19.8 Å². The van der Waals surface area contributed by atoms with Crippen molar-refractivity contribution in [3.8, 4) is 11.5 Å². The zero-order valence-corrected chi connectivity index (χ0v) is 16.0. The Morgan fingerprint density at radius 3 is 2.89 bits per heavy atom. The van der Waals surface area contributed by atoms with Crippen LogP contribution in [-0.4, -0.2) is 35.3 Å². The monoisotopic (exact) mass is 387 g/mol. The predicted molar refractivity (Wildman–Crippen MR) is 105 cm³/mol. The summed E-state index contributed by atoms with van der Waals surface area (Å²) in [7, 11) is 1.56. The first kappa shape index (κ1) is 19.0. The molecule has 142 valence electrons. The summed E-state index contributed by atoms with van der Waals surface area (Å²) < 4.78 is 10.9. The van der Waals surface area contributed by atoms with E-state index in [1.54, 1.807) is 25.3 Å². The van der Waals surface area contributed by atoms with Crippen LogP contribution in [0, 0.1) is 0 Å². The average Bonchev–Trinajstić information content (AvgIpc) is 2.66. The van der Waals surface area contributed by atoms with Gasteiger partial charge in [0.25, 0.3) is 5.56 Å². The standard InChI is InChI=1S/C19H21N3O4S/c1-4-8-27-19-21-17-16(18(24)22-19)12(10-15(23)20-17)11-6-7-13(26-5-2)14(9-11)25-3/h4,6-7,9,12H,1,5,8,10H2,2-3H3,(H2,20,21,22,23,24)/t12-/m0/s1. The van der Waals surface area contributed by atoms with Gasteiger partial charge in [-0.25, -0.2) is 4.98 Å². The molecule has 2 aromatic rings. The van der Waals surface area contributed by atoms with Gasteiger partial charge in [0.2, 0.25) is 5.91 Å². The van der Waals surface area contributed by atoms with Crippen molar-refractivity contribution < 1.29 is 14.3 Å². The summed E-state index contributed by atoms with van der Waals surface area (Å²) in [5.74, 6) is 1.50. The number of hydrogen-bond acceptors (Lipinski definition) is 6. The number of methoxy groups -OCH3 is 1. The topological polar surface area (TPSA) is 93.3 Å². The first-order valence-electron chi connectivity index (χ1n) is 8.55. The van der Waals surface area contributed by atoms with Crippen LogP contribution in [0.4, 0.5) is 5.82 Å². The molecule has 1 aliphatic rings. The molecular weight excluding hydrogens is 366 g/mol. The highest BCUT2D eigenvalue weighted by Gasteiger charge is 2.31. The van der Waals surface area contributed by atoms with Gasteiger partial charge in [0.1, 0.15) is 5.82 Å². The molecule has 1 aromatic heterocycles. The van der Waals surface area contributed by atoms with E-state index in [-0.39, 0.29) is 17.9 Å². The van der Waals surface area contributed by atoms with E-state index in [4.69, 9.17) is 9.47 Å². The largest absolute Gasteiger partial charge is 0.493 e. The molecule has 0 bridgehead atoms. The minimum atomic E-state index is -0.409. The number of ether oxygens (including phenoxy) is 2. The lowest BCUT2D eigenvalue weighted by Gasteiger charge is -2.25. The Balaban J connectivity index is 2.05. The Morgan fingerprint density at radius 2 is 2.19 bits per heavy atom. The van der Waals surface area contributed by atoms with Crippen LogP contribution in [0.2, 0.25) is 0 Å². The fourth-order valence-electron chi connectivity index (χ4n) is 3.02. The van der Waals surface area contributed by atoms with E-state index < -0.39 is 5.92 Å². The lowest BCUT2D eigenvalue weighted by atomic mass is 9.86. The molecule has 0 aliphatic carbocycles. The summed E-state index contributed by atoms with van der Waals surface area (Å²) in [5.41, 5.74) is 0.985. The van der Waals surface area contributed by atoms with Crippen LogP contribution in [-0.2, 0) is 4.79 Å². The number of aromatic nitrogens is 2. The maximum Gasteiger partial charge on any atom is 0.257 e. The number of benzene rings is 1. The number of rotatable bonds is 7. The van der Waals surface area contributed by atoms with Crippen LogP contribution in [0.25, 0.3) is 0 Å². The molecule has 1 amide bonds. The first-order valence-corrected chi connectivity index (χ1v) is 9.54. The van der Waals surface area contributed by atoms with Crippen molar-refractivity contribution in [2.75, 3.05) is 24.8 Å². The smallest absolute Gasteiger partial charge is 0.257 e. The van der Waals surface area contributed by atoms with E-state index in [1.165, 1.54) is 11.8 Å². The second-order valence-corrected chi connectivity index (χ2v) is 6.89. The molecule has 1 aromatic carbocycles. The van der Waals surface area contributed by atoms with Crippen molar-refractivity contribution in [3.05, 3.63) is 52.3 Å². The molecule has 0 saturated carbocycles. The fourth-order valence-corrected chi connectivity index (χ4v) is 3.61. The number of carbonyl (C=O) groups is 1. The number of aromatic amines is 1. The Hall–Kier alpha value is -2.74. The van der Waals surface area contributed by atoms with E-state index in [2.05, 4.69) is 21.9 Å². The highest BCUT2D eigenvalue weighted by Crippen LogP contribution is 2.38. The number of amides is 1. The van der Waals surface area contributed by atoms with Crippen LogP contribution in [0.3, 0.4) is 0 Å². The minimum Gasteiger partial charge on any atom is -0.493 e. The molecule has 0 spiro atoms. The van der Waals surface area contributed by atoms with E-state index >= 15 is 0 Å². The fraction of sp³-hybridized carbons (Fsp3) is 0.316. The molecular formula is C19H21N3O4S. The number of nitrogens with zero attached hydrogens (tertiary/aromatic N) is 1. The van der Waals surface area contributed by atoms with Gasteiger partial charge in [-0.2, -0.15) is 0 Å². The van der Waals surface area contributed by atoms with Gasteiger partial charge in [-0.1, -0.05) is 23.9 Å². The molecule has 7 nitrogen and oxygen atoms in total. The van der Waals surface area contributed by atoms with E-state index in [0.29, 0.717) is 40.4 Å². The number of anilines is 1. The van der Waals surface area contributed by atoms with Gasteiger partial charge in [0.05, 0.1) is 19.3 Å². The van der Waals surface area contributed by atoms with Crippen LogP contribution in [0.15, 0.2) is 40.8 Å². The van der Waals surface area contributed by atoms with Crippen molar-refractivity contribution in [2.45, 2.75) is 24.4 Å². The summed E-state index contributed by atoms with van der Waals surface area (Å²) in [5, 5.41) is 3.16. The molecule has 0 radical (unpaired) electrons. The highest BCUT2D eigenvalue weighted by molar-refractivity contribution is 7.99. The van der Waals surface area contributed by atoms with E-state index in [1.807, 2.05) is 13.0 Å². The van der Waals surface area contributed by atoms with Crippen LogP contribution in [0.5, 0.6) is 11.5 Å². The maximum absolute atomic E-state index is 12.7. The molecule has 27 heavy (non-hydrogen) atoms. The average molecular weight is 387 g/mol. The molecule has 8 heteroatoms. The number of nitrogens with one attached hydrogen (secondary N) is 2. The maximum atomic E-state index is 12.7. The van der Waals surface area contributed by atoms with Crippen molar-refractivity contribution in [1.82, 2.24) is 9.97 Å². The molecule has 3 rings (SSSR count). The minimum absolute atomic E-state index is 0.161. The number of fused-ring (bicyclic) bond motifs is 1. The van der Waals surface area contributed by atoms with E-state index in [0.717, 1.165) is 5.56 Å². The second-order valence-electron chi connectivity index (χ2n) is 5.88. The number of H-pyrrole nitrogens is 1. The quantitative estimate of drug-likeness (QED) is 0.431. The second kappa shape index (κ2) is 8.30. The zero-order valence-electron chi connectivity index (χ0n) is 15.2. The SMILES string of the molecule is C=CCSc1nc2c(c(=O)[nH]1)[C@H](c1ccc(OCC)c(OC)c1)CC(=O)N2. The Morgan fingerprint density at radius 1 is 1.37 bits per heavy atom. The molecule has 1 atom stereocenters. The molecule has 2 N–H and O–H groups in total. The third-order valence-electron chi connectivity index (χ3n) is 4.16.